The molecule has 1 saturated heterocycles. The number of hydrogen-bond donors (Lipinski definition) is 8. The number of benzene rings is 3. The van der Waals surface area contributed by atoms with Crippen molar-refractivity contribution in [3.63, 3.8) is 0 Å². The second-order valence-corrected chi connectivity index (χ2v) is 16.1. The fourth-order valence-electron chi connectivity index (χ4n) is 8.06. The molecular weight excluding hydrogens is 817 g/mol. The number of nitrogens with zero attached hydrogens (tertiary/aromatic N) is 3. The molecule has 4 amide bonds. The fourth-order valence-corrected chi connectivity index (χ4v) is 8.06. The van der Waals surface area contributed by atoms with Crippen LogP contribution in [0.5, 0.6) is 11.5 Å². The molecule has 11 N–H and O–H groups in total. The summed E-state index contributed by atoms with van der Waals surface area (Å²) in [6.07, 6.45) is 0.865. The van der Waals surface area contributed by atoms with Crippen molar-refractivity contribution in [2.24, 2.45) is 17.2 Å². The monoisotopic (exact) mass is 874 g/mol. The van der Waals surface area contributed by atoms with E-state index in [1.165, 1.54) is 17.4 Å². The summed E-state index contributed by atoms with van der Waals surface area (Å²) in [5.74, 6) is -1.60. The summed E-state index contributed by atoms with van der Waals surface area (Å²) >= 11 is 0. The third-order valence-corrected chi connectivity index (χ3v) is 11.2. The molecule has 3 heterocycles. The Morgan fingerprint density at radius 1 is 0.969 bits per heavy atom. The molecule has 338 valence electrons. The molecule has 4 aromatic rings. The van der Waals surface area contributed by atoms with Gasteiger partial charge in [-0.25, -0.2) is 0 Å². The van der Waals surface area contributed by atoms with Crippen LogP contribution in [-0.2, 0) is 27.2 Å². The molecule has 3 aromatic carbocycles. The Balaban J connectivity index is 1.39. The Morgan fingerprint density at radius 2 is 1.66 bits per heavy atom. The van der Waals surface area contributed by atoms with E-state index >= 15 is 0 Å². The number of aromatic nitrogens is 1. The van der Waals surface area contributed by atoms with Gasteiger partial charge in [-0.2, -0.15) is 5.26 Å². The maximum absolute atomic E-state index is 14.7. The SMILES string of the molecule is CCCc1ccc(-c2ccc(C(=O)NC3CC(N)CN(C4C(=O)NC(C)C(=O)NC(C(O)NCC#N)Cc5ccc(OCCN)c(c5)-c5cc4ccc5OCCN)C3=O)c(C)n2)cc1. The second-order valence-electron chi connectivity index (χ2n) is 16.1. The van der Waals surface area contributed by atoms with E-state index in [0.29, 0.717) is 45.1 Å². The zero-order valence-corrected chi connectivity index (χ0v) is 36.4. The predicted molar refractivity (Wildman–Crippen MR) is 241 cm³/mol. The van der Waals surface area contributed by atoms with Gasteiger partial charge in [0.2, 0.25) is 17.7 Å². The highest BCUT2D eigenvalue weighted by Crippen LogP contribution is 2.40. The average Bonchev–Trinajstić information content (AvgIpc) is 3.28. The summed E-state index contributed by atoms with van der Waals surface area (Å²) in [7, 11) is 0. The smallest absolute Gasteiger partial charge is 0.253 e. The average molecular weight is 875 g/mol. The van der Waals surface area contributed by atoms with E-state index in [4.69, 9.17) is 31.7 Å². The molecule has 2 aliphatic heterocycles. The van der Waals surface area contributed by atoms with Gasteiger partial charge in [0.05, 0.1) is 35.6 Å². The molecule has 17 nitrogen and oxygen atoms in total. The number of rotatable bonds is 15. The number of amides is 4. The Kier molecular flexibility index (Phi) is 16.0. The molecule has 4 bridgehead atoms. The van der Waals surface area contributed by atoms with Crippen LogP contribution < -0.4 is 47.9 Å². The van der Waals surface area contributed by atoms with E-state index in [1.54, 1.807) is 49.4 Å². The van der Waals surface area contributed by atoms with E-state index in [2.05, 4.69) is 40.3 Å². The molecular formula is C47H58N10O7. The van der Waals surface area contributed by atoms with Crippen molar-refractivity contribution in [2.75, 3.05) is 39.4 Å². The minimum atomic E-state index is -1.36. The number of nitriles is 1. The van der Waals surface area contributed by atoms with E-state index in [1.807, 2.05) is 24.3 Å². The van der Waals surface area contributed by atoms with Crippen LogP contribution in [0.4, 0.5) is 0 Å². The van der Waals surface area contributed by atoms with Crippen LogP contribution >= 0.6 is 0 Å². The molecule has 2 aliphatic rings. The lowest BCUT2D eigenvalue weighted by Gasteiger charge is -2.40. The van der Waals surface area contributed by atoms with Crippen LogP contribution in [-0.4, -0.2) is 108 Å². The number of aliphatic hydroxyl groups excluding tert-OH is 1. The van der Waals surface area contributed by atoms with E-state index in [9.17, 15) is 29.5 Å². The lowest BCUT2D eigenvalue weighted by atomic mass is 9.91. The number of hydrogen-bond acceptors (Lipinski definition) is 13. The maximum atomic E-state index is 14.7. The van der Waals surface area contributed by atoms with Crippen molar-refractivity contribution in [3.05, 3.63) is 101 Å². The topological polar surface area (TPSA) is 273 Å². The Bertz CT molecular complexity index is 2350. The van der Waals surface area contributed by atoms with E-state index in [-0.39, 0.29) is 57.8 Å². The van der Waals surface area contributed by atoms with Gasteiger partial charge in [-0.15, -0.1) is 0 Å². The third kappa shape index (κ3) is 11.2. The number of carbonyl (C=O) groups is 4. The quantitative estimate of drug-likeness (QED) is 0.0626. The standard InChI is InChI=1S/C47H58N10O7/c1-4-5-29-6-9-31(10-7-29)37-13-12-34(27(2)53-37)44(59)56-39-25-33(51)26-57(47(39)62)42-32-11-15-41(64-21-18-50)36(24-32)35-22-30(8-14-40(35)63-20-17-49)23-38(45(60)52-19-16-48)55-43(58)28(3)54-46(42)61/h6-15,22,24,28,33,38-39,42,45,52,60H,4-5,17-21,23,25-26,49-51H2,1-3H3,(H,54,61)(H,55,58)(H,56,59). The number of ether oxygens (including phenoxy) is 2. The first kappa shape index (κ1) is 47.1. The third-order valence-electron chi connectivity index (χ3n) is 11.2. The summed E-state index contributed by atoms with van der Waals surface area (Å²) in [5, 5.41) is 31.5. The van der Waals surface area contributed by atoms with Crippen molar-refractivity contribution in [3.8, 4) is 40.0 Å². The van der Waals surface area contributed by atoms with Gasteiger partial charge in [0, 0.05) is 42.4 Å². The number of aliphatic hydroxyl groups is 1. The molecule has 6 atom stereocenters. The first-order valence-electron chi connectivity index (χ1n) is 21.6. The Hall–Kier alpha value is -6.42. The zero-order chi connectivity index (χ0) is 45.9. The molecule has 1 aromatic heterocycles. The largest absolute Gasteiger partial charge is 0.492 e. The first-order chi connectivity index (χ1) is 30.8. The van der Waals surface area contributed by atoms with Gasteiger partial charge in [-0.3, -0.25) is 29.5 Å². The molecule has 0 saturated carbocycles. The fraction of sp³-hybridized carbons (Fsp3) is 0.404. The summed E-state index contributed by atoms with van der Waals surface area (Å²) < 4.78 is 12.2. The van der Waals surface area contributed by atoms with Crippen LogP contribution in [0.3, 0.4) is 0 Å². The number of aryl methyl sites for hydroxylation is 2. The van der Waals surface area contributed by atoms with E-state index in [0.717, 1.165) is 18.4 Å². The lowest BCUT2D eigenvalue weighted by Crippen LogP contribution is -2.61. The summed E-state index contributed by atoms with van der Waals surface area (Å²) in [4.78, 5) is 63.1. The molecule has 17 heteroatoms. The molecule has 1 fully saturated rings. The highest BCUT2D eigenvalue weighted by Gasteiger charge is 2.42. The Labute approximate surface area is 373 Å². The van der Waals surface area contributed by atoms with Gasteiger partial charge in [0.25, 0.3) is 5.91 Å². The minimum Gasteiger partial charge on any atom is -0.492 e. The van der Waals surface area contributed by atoms with Gasteiger partial charge in [0.1, 0.15) is 49.1 Å². The van der Waals surface area contributed by atoms with Crippen LogP contribution in [0, 0.1) is 18.3 Å². The lowest BCUT2D eigenvalue weighted by molar-refractivity contribution is -0.145. The normalized spacial score (nSPS) is 20.6. The van der Waals surface area contributed by atoms with Gasteiger partial charge in [-0.05, 0) is 86.2 Å². The van der Waals surface area contributed by atoms with Crippen LogP contribution in [0.1, 0.15) is 65.5 Å². The minimum absolute atomic E-state index is 0.0594. The number of piperidine rings is 1. The van der Waals surface area contributed by atoms with Crippen LogP contribution in [0.15, 0.2) is 72.8 Å². The molecule has 0 aliphatic carbocycles. The number of fused-ring (bicyclic) bond motifs is 5. The molecule has 0 spiro atoms. The number of pyridine rings is 1. The van der Waals surface area contributed by atoms with Gasteiger partial charge < -0.3 is 52.6 Å². The number of likely N-dealkylation sites (tertiary alicyclic amines) is 1. The molecule has 0 radical (unpaired) electrons. The zero-order valence-electron chi connectivity index (χ0n) is 36.4. The van der Waals surface area contributed by atoms with Crippen LogP contribution in [0.25, 0.3) is 22.4 Å². The van der Waals surface area contributed by atoms with Crippen molar-refractivity contribution in [1.29, 1.82) is 5.26 Å². The molecule has 6 unspecified atom stereocenters. The Morgan fingerprint density at radius 3 is 2.31 bits per heavy atom. The number of nitrogens with one attached hydrogen (secondary N) is 4. The number of carbonyl (C=O) groups excluding carboxylic acids is 4. The highest BCUT2D eigenvalue weighted by molar-refractivity contribution is 6.00. The van der Waals surface area contributed by atoms with Crippen molar-refractivity contribution >= 4 is 23.6 Å². The summed E-state index contributed by atoms with van der Waals surface area (Å²) in [5.41, 5.74) is 24.0. The van der Waals surface area contributed by atoms with E-state index < -0.39 is 60.1 Å². The highest BCUT2D eigenvalue weighted by atomic mass is 16.5. The van der Waals surface area contributed by atoms with Crippen molar-refractivity contribution in [1.82, 2.24) is 31.2 Å². The predicted octanol–water partition coefficient (Wildman–Crippen LogP) is 1.73. The second kappa shape index (κ2) is 21.8. The summed E-state index contributed by atoms with van der Waals surface area (Å²) in [6.45, 7) is 5.83. The number of nitrogens with two attached hydrogens (primary N) is 3. The van der Waals surface area contributed by atoms with Gasteiger partial charge in [-0.1, -0.05) is 49.7 Å². The molecule has 64 heavy (non-hydrogen) atoms. The maximum Gasteiger partial charge on any atom is 0.253 e. The molecule has 6 rings (SSSR count). The summed E-state index contributed by atoms with van der Waals surface area (Å²) in [6, 6.07) is 18.6. The van der Waals surface area contributed by atoms with Crippen molar-refractivity contribution < 1.29 is 33.8 Å². The van der Waals surface area contributed by atoms with Gasteiger partial charge >= 0.3 is 0 Å². The van der Waals surface area contributed by atoms with Gasteiger partial charge in [0.15, 0.2) is 0 Å². The van der Waals surface area contributed by atoms with Crippen molar-refractivity contribution in [2.45, 2.75) is 82.9 Å². The van der Waals surface area contributed by atoms with Crippen LogP contribution in [0.2, 0.25) is 0 Å². The first-order valence-corrected chi connectivity index (χ1v) is 21.6.